The summed E-state index contributed by atoms with van der Waals surface area (Å²) in [5.74, 6) is -0.355. The number of nitrogens with zero attached hydrogens (tertiary/aromatic N) is 2. The van der Waals surface area contributed by atoms with Crippen molar-refractivity contribution in [2.45, 2.75) is 19.1 Å². The van der Waals surface area contributed by atoms with Crippen LogP contribution in [-0.4, -0.2) is 23.2 Å². The summed E-state index contributed by atoms with van der Waals surface area (Å²) in [4.78, 5) is 16.2. The van der Waals surface area contributed by atoms with Gasteiger partial charge in [-0.1, -0.05) is 0 Å². The topological polar surface area (TPSA) is 106 Å². The van der Waals surface area contributed by atoms with E-state index in [9.17, 15) is 22.4 Å². The van der Waals surface area contributed by atoms with Crippen LogP contribution in [0.3, 0.4) is 0 Å². The molecule has 1 aliphatic heterocycles. The Labute approximate surface area is 189 Å². The van der Waals surface area contributed by atoms with Crippen LogP contribution in [0.5, 0.6) is 23.0 Å². The standard InChI is InChI=1S/C22H14F4N4O4/c1-12-8-13(2-4-17(12)32-16-6-7-28-15(9-16)11-27)29-20(31)30-14-3-5-18-19(10-14)34-22(25,26)21(23,24)33-18/h2-10H,1H3,(H2,29,30,31). The molecule has 174 valence electrons. The van der Waals surface area contributed by atoms with Crippen molar-refractivity contribution in [3.8, 4) is 29.1 Å². The van der Waals surface area contributed by atoms with E-state index in [1.165, 1.54) is 18.3 Å². The van der Waals surface area contributed by atoms with Crippen molar-refractivity contribution < 1.29 is 36.6 Å². The van der Waals surface area contributed by atoms with E-state index in [4.69, 9.17) is 10.00 Å². The highest BCUT2D eigenvalue weighted by Gasteiger charge is 2.65. The predicted molar refractivity (Wildman–Crippen MR) is 110 cm³/mol. The summed E-state index contributed by atoms with van der Waals surface area (Å²) in [6, 6.07) is 12.1. The summed E-state index contributed by atoms with van der Waals surface area (Å²) in [6.07, 6.45) is -8.25. The number of ether oxygens (including phenoxy) is 3. The first kappa shape index (κ1) is 22.7. The van der Waals surface area contributed by atoms with Crippen molar-refractivity contribution >= 4 is 17.4 Å². The van der Waals surface area contributed by atoms with Crippen molar-refractivity contribution in [2.24, 2.45) is 0 Å². The first-order valence-electron chi connectivity index (χ1n) is 9.57. The molecule has 0 unspecified atom stereocenters. The third-order valence-corrected chi connectivity index (χ3v) is 4.52. The molecule has 1 aromatic heterocycles. The monoisotopic (exact) mass is 474 g/mol. The maximum absolute atomic E-state index is 13.4. The second-order valence-corrected chi connectivity index (χ2v) is 7.05. The first-order chi connectivity index (χ1) is 16.1. The van der Waals surface area contributed by atoms with Crippen LogP contribution in [0, 0.1) is 18.3 Å². The van der Waals surface area contributed by atoms with Crippen LogP contribution in [0.1, 0.15) is 11.3 Å². The number of aromatic nitrogens is 1. The van der Waals surface area contributed by atoms with Gasteiger partial charge in [-0.25, -0.2) is 9.78 Å². The van der Waals surface area contributed by atoms with Gasteiger partial charge >= 0.3 is 18.2 Å². The number of urea groups is 1. The number of aryl methyl sites for hydroxylation is 1. The fourth-order valence-electron chi connectivity index (χ4n) is 2.94. The van der Waals surface area contributed by atoms with E-state index in [0.29, 0.717) is 22.7 Å². The highest BCUT2D eigenvalue weighted by Crippen LogP contribution is 2.47. The molecule has 0 fully saturated rings. The molecule has 1 aliphatic rings. The molecule has 2 heterocycles. The summed E-state index contributed by atoms with van der Waals surface area (Å²) in [5.41, 5.74) is 1.25. The van der Waals surface area contributed by atoms with Gasteiger partial charge in [0.2, 0.25) is 0 Å². The molecule has 2 aromatic carbocycles. The molecule has 3 aromatic rings. The van der Waals surface area contributed by atoms with Crippen molar-refractivity contribution in [1.82, 2.24) is 4.98 Å². The number of benzene rings is 2. The van der Waals surface area contributed by atoms with E-state index in [1.807, 2.05) is 6.07 Å². The number of pyridine rings is 1. The highest BCUT2D eigenvalue weighted by atomic mass is 19.3. The number of nitriles is 1. The van der Waals surface area contributed by atoms with Crippen molar-refractivity contribution in [3.05, 3.63) is 66.0 Å². The number of rotatable bonds is 4. The van der Waals surface area contributed by atoms with Crippen LogP contribution in [0.2, 0.25) is 0 Å². The fourth-order valence-corrected chi connectivity index (χ4v) is 2.94. The predicted octanol–water partition coefficient (Wildman–Crippen LogP) is 5.65. The molecule has 8 nitrogen and oxygen atoms in total. The Hall–Kier alpha value is -4.53. The van der Waals surface area contributed by atoms with Crippen LogP contribution in [0.4, 0.5) is 33.7 Å². The summed E-state index contributed by atoms with van der Waals surface area (Å²) in [5, 5.41) is 13.9. The van der Waals surface area contributed by atoms with Crippen molar-refractivity contribution in [1.29, 1.82) is 5.26 Å². The molecular weight excluding hydrogens is 460 g/mol. The molecule has 0 saturated carbocycles. The average Bonchev–Trinajstić information content (AvgIpc) is 2.76. The smallest absolute Gasteiger partial charge is 0.457 e. The van der Waals surface area contributed by atoms with Crippen LogP contribution in [0.15, 0.2) is 54.7 Å². The fraction of sp³-hybridized carbons (Fsp3) is 0.136. The number of fused-ring (bicyclic) bond motifs is 1. The zero-order valence-corrected chi connectivity index (χ0v) is 17.2. The summed E-state index contributed by atoms with van der Waals surface area (Å²) < 4.78 is 67.0. The molecule has 0 radical (unpaired) electrons. The van der Waals surface area contributed by atoms with E-state index in [-0.39, 0.29) is 11.4 Å². The van der Waals surface area contributed by atoms with Gasteiger partial charge in [0, 0.05) is 29.7 Å². The zero-order valence-electron chi connectivity index (χ0n) is 17.2. The molecule has 0 atom stereocenters. The maximum Gasteiger partial charge on any atom is 0.507 e. The first-order valence-corrected chi connectivity index (χ1v) is 9.57. The number of anilines is 2. The summed E-state index contributed by atoms with van der Waals surface area (Å²) in [7, 11) is 0. The van der Waals surface area contributed by atoms with Crippen molar-refractivity contribution in [2.75, 3.05) is 10.6 Å². The van der Waals surface area contributed by atoms with Crippen molar-refractivity contribution in [3.63, 3.8) is 0 Å². The van der Waals surface area contributed by atoms with E-state index < -0.39 is 29.7 Å². The van der Waals surface area contributed by atoms with Crippen LogP contribution in [0.25, 0.3) is 0 Å². The molecule has 0 saturated heterocycles. The molecule has 2 amide bonds. The Bertz CT molecular complexity index is 1310. The average molecular weight is 474 g/mol. The molecule has 0 bridgehead atoms. The Morgan fingerprint density at radius 1 is 0.971 bits per heavy atom. The molecular formula is C22H14F4N4O4. The normalized spacial score (nSPS) is 15.1. The van der Waals surface area contributed by atoms with Gasteiger partial charge < -0.3 is 24.8 Å². The number of hydrogen-bond acceptors (Lipinski definition) is 6. The lowest BCUT2D eigenvalue weighted by atomic mass is 10.2. The number of carbonyl (C=O) groups excluding carboxylic acids is 1. The number of nitrogens with one attached hydrogen (secondary N) is 2. The molecule has 2 N–H and O–H groups in total. The molecule has 34 heavy (non-hydrogen) atoms. The van der Waals surface area contributed by atoms with Gasteiger partial charge in [-0.2, -0.15) is 22.8 Å². The molecule has 0 aliphatic carbocycles. The summed E-state index contributed by atoms with van der Waals surface area (Å²) >= 11 is 0. The van der Waals surface area contributed by atoms with Crippen LogP contribution >= 0.6 is 0 Å². The quantitative estimate of drug-likeness (QED) is 0.473. The third-order valence-electron chi connectivity index (χ3n) is 4.52. The Morgan fingerprint density at radius 2 is 1.62 bits per heavy atom. The van der Waals surface area contributed by atoms with Crippen LogP contribution < -0.4 is 24.8 Å². The Morgan fingerprint density at radius 3 is 2.29 bits per heavy atom. The van der Waals surface area contributed by atoms with Crippen LogP contribution in [-0.2, 0) is 0 Å². The zero-order chi connectivity index (χ0) is 24.5. The minimum atomic E-state index is -4.87. The van der Waals surface area contributed by atoms with E-state index in [1.54, 1.807) is 31.2 Å². The lowest BCUT2D eigenvalue weighted by Crippen LogP contribution is -2.52. The van der Waals surface area contributed by atoms with E-state index >= 15 is 0 Å². The van der Waals surface area contributed by atoms with Gasteiger partial charge in [0.15, 0.2) is 11.5 Å². The van der Waals surface area contributed by atoms with Gasteiger partial charge in [-0.05, 0) is 48.9 Å². The van der Waals surface area contributed by atoms with E-state index in [0.717, 1.165) is 12.1 Å². The lowest BCUT2D eigenvalue weighted by molar-refractivity contribution is -0.391. The van der Waals surface area contributed by atoms with Gasteiger partial charge in [0.25, 0.3) is 0 Å². The minimum Gasteiger partial charge on any atom is -0.457 e. The second kappa shape index (κ2) is 8.43. The second-order valence-electron chi connectivity index (χ2n) is 7.05. The number of halogens is 4. The minimum absolute atomic E-state index is 0.00326. The lowest BCUT2D eigenvalue weighted by Gasteiger charge is -2.31. The molecule has 0 spiro atoms. The van der Waals surface area contributed by atoms with Gasteiger partial charge in [0.05, 0.1) is 0 Å². The maximum atomic E-state index is 13.4. The van der Waals surface area contributed by atoms with Gasteiger partial charge in [-0.3, -0.25) is 0 Å². The highest BCUT2D eigenvalue weighted by molar-refractivity contribution is 6.00. The third kappa shape index (κ3) is 4.63. The molecule has 4 rings (SSSR count). The SMILES string of the molecule is Cc1cc(NC(=O)Nc2ccc3c(c2)OC(F)(F)C(F)(F)O3)ccc1Oc1ccnc(C#N)c1. The number of hydrogen-bond donors (Lipinski definition) is 2. The number of amides is 2. The van der Waals surface area contributed by atoms with Gasteiger partial charge in [0.1, 0.15) is 23.3 Å². The Kier molecular flexibility index (Phi) is 5.62. The Balaban J connectivity index is 1.42. The van der Waals surface area contributed by atoms with E-state index in [2.05, 4.69) is 25.1 Å². The molecule has 12 heteroatoms. The summed E-state index contributed by atoms with van der Waals surface area (Å²) in [6.45, 7) is 1.74. The van der Waals surface area contributed by atoms with Gasteiger partial charge in [-0.15, -0.1) is 0 Å². The largest absolute Gasteiger partial charge is 0.507 e. The number of carbonyl (C=O) groups is 1. The number of alkyl halides is 4.